The van der Waals surface area contributed by atoms with Gasteiger partial charge >= 0.3 is 0 Å². The molecule has 0 atom stereocenters. The molecule has 0 saturated carbocycles. The molecule has 10 nitrogen and oxygen atoms in total. The highest BCUT2D eigenvalue weighted by Crippen LogP contribution is 2.28. The van der Waals surface area contributed by atoms with E-state index in [1.807, 2.05) is 23.7 Å². The molecule has 3 N–H and O–H groups in total. The number of carbonyl (C=O) groups is 1. The molecule has 0 radical (unpaired) electrons. The summed E-state index contributed by atoms with van der Waals surface area (Å²) in [6.45, 7) is 5.47. The van der Waals surface area contributed by atoms with Crippen molar-refractivity contribution in [2.75, 3.05) is 57.1 Å². The highest BCUT2D eigenvalue weighted by molar-refractivity contribution is 5.97. The van der Waals surface area contributed by atoms with Crippen molar-refractivity contribution in [2.24, 2.45) is 13.0 Å². The van der Waals surface area contributed by atoms with Gasteiger partial charge in [0.2, 0.25) is 5.95 Å². The average molecular weight is 509 g/mol. The fourth-order valence-corrected chi connectivity index (χ4v) is 4.95. The minimum absolute atomic E-state index is 0.133. The predicted molar refractivity (Wildman–Crippen MR) is 139 cm³/mol. The molecule has 0 unspecified atom stereocenters. The van der Waals surface area contributed by atoms with Crippen LogP contribution in [0.4, 0.5) is 21.8 Å². The van der Waals surface area contributed by atoms with Gasteiger partial charge < -0.3 is 30.2 Å². The standard InChI is InChI=1S/C26H33FN8O2/c1-34-21-5-8-28-25(36)19(21)13-22(34)24-20(27)16-31-26(33-24)32-23-4-3-18(15-30-23)29-14-17-6-9-35(10-7-17)11-12-37-2/h3-4,13,15-17,29H,5-12,14H2,1-2H3,(H,28,36)(H,30,31,32,33). The van der Waals surface area contributed by atoms with Gasteiger partial charge in [-0.3, -0.25) is 4.79 Å². The number of aromatic nitrogens is 4. The molecule has 3 aromatic heterocycles. The molecule has 0 bridgehead atoms. The molecule has 1 fully saturated rings. The van der Waals surface area contributed by atoms with Gasteiger partial charge in [-0.05, 0) is 50.0 Å². The molecule has 37 heavy (non-hydrogen) atoms. The first-order valence-electron chi connectivity index (χ1n) is 12.7. The number of likely N-dealkylation sites (tertiary alicyclic amines) is 1. The molecule has 0 aliphatic carbocycles. The van der Waals surface area contributed by atoms with Crippen molar-refractivity contribution in [1.82, 2.24) is 29.7 Å². The highest BCUT2D eigenvalue weighted by atomic mass is 19.1. The van der Waals surface area contributed by atoms with Crippen molar-refractivity contribution in [1.29, 1.82) is 0 Å². The van der Waals surface area contributed by atoms with E-state index in [0.717, 1.165) is 50.4 Å². The van der Waals surface area contributed by atoms with Gasteiger partial charge in [-0.1, -0.05) is 0 Å². The van der Waals surface area contributed by atoms with Crippen LogP contribution in [-0.2, 0) is 18.2 Å². The Balaban J connectivity index is 1.20. The number of halogens is 1. The second-order valence-electron chi connectivity index (χ2n) is 9.56. The summed E-state index contributed by atoms with van der Waals surface area (Å²) in [4.78, 5) is 27.6. The van der Waals surface area contributed by atoms with E-state index in [0.29, 0.717) is 36.0 Å². The van der Waals surface area contributed by atoms with E-state index in [-0.39, 0.29) is 17.5 Å². The first kappa shape index (κ1) is 25.1. The maximum Gasteiger partial charge on any atom is 0.253 e. The molecule has 2 aliphatic heterocycles. The number of ether oxygens (including phenoxy) is 1. The van der Waals surface area contributed by atoms with Crippen LogP contribution in [0, 0.1) is 11.7 Å². The van der Waals surface area contributed by atoms with Crippen LogP contribution in [0.3, 0.4) is 0 Å². The largest absolute Gasteiger partial charge is 0.384 e. The van der Waals surface area contributed by atoms with Crippen LogP contribution in [0.5, 0.6) is 0 Å². The summed E-state index contributed by atoms with van der Waals surface area (Å²) < 4.78 is 21.7. The third kappa shape index (κ3) is 5.72. The Labute approximate surface area is 215 Å². The smallest absolute Gasteiger partial charge is 0.253 e. The fraction of sp³-hybridized carbons (Fsp3) is 0.462. The number of fused-ring (bicyclic) bond motifs is 1. The average Bonchev–Trinajstić information content (AvgIpc) is 3.26. The number of anilines is 3. The number of hydrogen-bond donors (Lipinski definition) is 3. The van der Waals surface area contributed by atoms with Crippen LogP contribution in [0.25, 0.3) is 11.4 Å². The van der Waals surface area contributed by atoms with Crippen molar-refractivity contribution >= 4 is 23.4 Å². The summed E-state index contributed by atoms with van der Waals surface area (Å²) in [5, 5.41) is 9.36. The Morgan fingerprint density at radius 1 is 1.22 bits per heavy atom. The maximum atomic E-state index is 14.7. The summed E-state index contributed by atoms with van der Waals surface area (Å²) in [5.74, 6) is 0.716. The van der Waals surface area contributed by atoms with E-state index in [2.05, 4.69) is 35.8 Å². The van der Waals surface area contributed by atoms with E-state index in [9.17, 15) is 9.18 Å². The summed E-state index contributed by atoms with van der Waals surface area (Å²) in [6.07, 6.45) is 5.93. The van der Waals surface area contributed by atoms with Crippen molar-refractivity contribution in [3.05, 3.63) is 47.7 Å². The third-order valence-electron chi connectivity index (χ3n) is 7.15. The number of nitrogens with one attached hydrogen (secondary N) is 3. The molecular formula is C26H33FN8O2. The van der Waals surface area contributed by atoms with E-state index >= 15 is 0 Å². The Morgan fingerprint density at radius 2 is 2.05 bits per heavy atom. The highest BCUT2D eigenvalue weighted by Gasteiger charge is 2.25. The summed E-state index contributed by atoms with van der Waals surface area (Å²) >= 11 is 0. The molecule has 5 rings (SSSR count). The quantitative estimate of drug-likeness (QED) is 0.405. The molecule has 5 heterocycles. The van der Waals surface area contributed by atoms with Gasteiger partial charge in [0.1, 0.15) is 11.5 Å². The molecule has 0 spiro atoms. The normalized spacial score (nSPS) is 16.4. The molecule has 2 aliphatic rings. The molecule has 11 heteroatoms. The second-order valence-corrected chi connectivity index (χ2v) is 9.56. The molecule has 1 amide bonds. The number of carbonyl (C=O) groups excluding carboxylic acids is 1. The molecule has 196 valence electrons. The SMILES string of the molecule is COCCN1CCC(CNc2ccc(Nc3ncc(F)c(-c4cc5c(n4C)CCNC5=O)n3)nc2)CC1. The lowest BCUT2D eigenvalue weighted by molar-refractivity contribution is 0.0945. The van der Waals surface area contributed by atoms with Crippen LogP contribution in [0.1, 0.15) is 28.9 Å². The van der Waals surface area contributed by atoms with Gasteiger partial charge in [-0.2, -0.15) is 0 Å². The predicted octanol–water partition coefficient (Wildman–Crippen LogP) is 2.82. The number of piperidine rings is 1. The van der Waals surface area contributed by atoms with Crippen LogP contribution in [0.15, 0.2) is 30.6 Å². The topological polar surface area (TPSA) is 109 Å². The monoisotopic (exact) mass is 508 g/mol. The Kier molecular flexibility index (Phi) is 7.61. The number of rotatable bonds is 9. The minimum Gasteiger partial charge on any atom is -0.384 e. The van der Waals surface area contributed by atoms with Gasteiger partial charge in [-0.25, -0.2) is 19.3 Å². The molecule has 1 saturated heterocycles. The Hall–Kier alpha value is -3.57. The molecular weight excluding hydrogens is 475 g/mol. The van der Waals surface area contributed by atoms with E-state index in [1.165, 1.54) is 12.8 Å². The van der Waals surface area contributed by atoms with Gasteiger partial charge in [-0.15, -0.1) is 0 Å². The van der Waals surface area contributed by atoms with Crippen LogP contribution >= 0.6 is 0 Å². The van der Waals surface area contributed by atoms with Crippen molar-refractivity contribution in [3.8, 4) is 11.4 Å². The zero-order valence-electron chi connectivity index (χ0n) is 21.3. The number of pyridine rings is 1. The summed E-state index contributed by atoms with van der Waals surface area (Å²) in [6, 6.07) is 5.48. The van der Waals surface area contributed by atoms with Crippen LogP contribution < -0.4 is 16.0 Å². The van der Waals surface area contributed by atoms with E-state index in [4.69, 9.17) is 4.74 Å². The first-order valence-corrected chi connectivity index (χ1v) is 12.7. The molecule has 3 aromatic rings. The molecule has 0 aromatic carbocycles. The zero-order valence-corrected chi connectivity index (χ0v) is 21.3. The van der Waals surface area contributed by atoms with Crippen molar-refractivity contribution in [2.45, 2.75) is 19.3 Å². The van der Waals surface area contributed by atoms with Gasteiger partial charge in [0.05, 0.1) is 35.9 Å². The third-order valence-corrected chi connectivity index (χ3v) is 7.15. The lowest BCUT2D eigenvalue weighted by Gasteiger charge is -2.31. The van der Waals surface area contributed by atoms with E-state index in [1.54, 1.807) is 19.4 Å². The van der Waals surface area contributed by atoms with Crippen molar-refractivity contribution < 1.29 is 13.9 Å². The number of amides is 1. The number of nitrogens with zero attached hydrogens (tertiary/aromatic N) is 5. The lowest BCUT2D eigenvalue weighted by atomic mass is 9.97. The minimum atomic E-state index is -0.555. The maximum absolute atomic E-state index is 14.7. The van der Waals surface area contributed by atoms with Crippen molar-refractivity contribution in [3.63, 3.8) is 0 Å². The number of methoxy groups -OCH3 is 1. The lowest BCUT2D eigenvalue weighted by Crippen LogP contribution is -2.37. The fourth-order valence-electron chi connectivity index (χ4n) is 4.95. The number of hydrogen-bond acceptors (Lipinski definition) is 8. The summed E-state index contributed by atoms with van der Waals surface area (Å²) in [7, 11) is 3.56. The van der Waals surface area contributed by atoms with E-state index < -0.39 is 5.82 Å². The summed E-state index contributed by atoms with van der Waals surface area (Å²) in [5.41, 5.74) is 3.03. The van der Waals surface area contributed by atoms with Gasteiger partial charge in [0, 0.05) is 45.9 Å². The van der Waals surface area contributed by atoms with Gasteiger partial charge in [0.25, 0.3) is 5.91 Å². The zero-order chi connectivity index (χ0) is 25.8. The van der Waals surface area contributed by atoms with Crippen LogP contribution in [0.2, 0.25) is 0 Å². The Morgan fingerprint density at radius 3 is 2.78 bits per heavy atom. The van der Waals surface area contributed by atoms with Crippen LogP contribution in [-0.4, -0.2) is 76.8 Å². The van der Waals surface area contributed by atoms with Gasteiger partial charge in [0.15, 0.2) is 5.82 Å². The first-order chi connectivity index (χ1) is 18.0. The Bertz CT molecular complexity index is 1240. The second kappa shape index (κ2) is 11.2.